The van der Waals surface area contributed by atoms with Crippen molar-refractivity contribution in [2.45, 2.75) is 26.9 Å². The molecular formula is C11H15N4O+. The predicted octanol–water partition coefficient (Wildman–Crippen LogP) is 0.385. The van der Waals surface area contributed by atoms with Crippen molar-refractivity contribution in [2.75, 3.05) is 0 Å². The van der Waals surface area contributed by atoms with Crippen molar-refractivity contribution in [1.82, 2.24) is 14.5 Å². The van der Waals surface area contributed by atoms with Gasteiger partial charge in [-0.15, -0.1) is 0 Å². The van der Waals surface area contributed by atoms with Crippen molar-refractivity contribution < 1.29 is 9.36 Å². The van der Waals surface area contributed by atoms with Gasteiger partial charge in [-0.2, -0.15) is 0 Å². The van der Waals surface area contributed by atoms with Crippen molar-refractivity contribution in [3.63, 3.8) is 0 Å². The minimum absolute atomic E-state index is 0.161. The van der Waals surface area contributed by atoms with Crippen LogP contribution in [0.15, 0.2) is 24.8 Å². The van der Waals surface area contributed by atoms with E-state index in [-0.39, 0.29) is 5.78 Å². The van der Waals surface area contributed by atoms with Crippen LogP contribution in [-0.2, 0) is 17.9 Å². The Morgan fingerprint density at radius 1 is 1.56 bits per heavy atom. The smallest absolute Gasteiger partial charge is 0.251 e. The molecule has 84 valence electrons. The molecule has 0 aliphatic carbocycles. The Labute approximate surface area is 93.8 Å². The van der Waals surface area contributed by atoms with Crippen LogP contribution in [0.1, 0.15) is 11.6 Å². The van der Waals surface area contributed by atoms with Crippen molar-refractivity contribution in [2.24, 2.45) is 0 Å². The summed E-state index contributed by atoms with van der Waals surface area (Å²) in [5.74, 6) is 2.01. The van der Waals surface area contributed by atoms with E-state index in [1.54, 1.807) is 6.20 Å². The summed E-state index contributed by atoms with van der Waals surface area (Å²) < 4.78 is 3.75. The van der Waals surface area contributed by atoms with Gasteiger partial charge in [0.2, 0.25) is 0 Å². The second-order valence-electron chi connectivity index (χ2n) is 3.81. The summed E-state index contributed by atoms with van der Waals surface area (Å²) in [7, 11) is 0. The molecule has 0 unspecified atom stereocenters. The SMILES string of the molecule is Cc1nccn1CC(=O)C[n+]1cc[nH]c1C. The van der Waals surface area contributed by atoms with E-state index in [0.29, 0.717) is 13.1 Å². The summed E-state index contributed by atoms with van der Waals surface area (Å²) in [6.45, 7) is 4.61. The van der Waals surface area contributed by atoms with Gasteiger partial charge in [0, 0.05) is 19.3 Å². The molecular weight excluding hydrogens is 204 g/mol. The zero-order valence-corrected chi connectivity index (χ0v) is 9.47. The number of nitrogens with one attached hydrogen (secondary N) is 1. The Bertz CT molecular complexity index is 453. The van der Waals surface area contributed by atoms with E-state index in [1.165, 1.54) is 0 Å². The Kier molecular flexibility index (Phi) is 2.85. The number of rotatable bonds is 4. The zero-order chi connectivity index (χ0) is 11.5. The van der Waals surface area contributed by atoms with Crippen LogP contribution < -0.4 is 4.57 Å². The molecule has 0 saturated heterocycles. The van der Waals surface area contributed by atoms with Crippen LogP contribution in [-0.4, -0.2) is 20.3 Å². The molecule has 2 heterocycles. The Balaban J connectivity index is 2.00. The number of ketones is 1. The molecule has 0 atom stereocenters. The lowest BCUT2D eigenvalue weighted by Crippen LogP contribution is -2.39. The highest BCUT2D eigenvalue weighted by Crippen LogP contribution is 1.95. The van der Waals surface area contributed by atoms with Gasteiger partial charge in [-0.3, -0.25) is 4.79 Å². The van der Waals surface area contributed by atoms with Gasteiger partial charge in [0.1, 0.15) is 18.2 Å². The summed E-state index contributed by atoms with van der Waals surface area (Å²) >= 11 is 0. The van der Waals surface area contributed by atoms with Gasteiger partial charge in [0.15, 0.2) is 12.3 Å². The van der Waals surface area contributed by atoms with E-state index in [9.17, 15) is 4.79 Å². The molecule has 16 heavy (non-hydrogen) atoms. The lowest BCUT2D eigenvalue weighted by atomic mass is 10.3. The van der Waals surface area contributed by atoms with E-state index in [4.69, 9.17) is 0 Å². The largest absolute Gasteiger partial charge is 0.328 e. The van der Waals surface area contributed by atoms with Crippen LogP contribution >= 0.6 is 0 Å². The van der Waals surface area contributed by atoms with Crippen LogP contribution in [0, 0.1) is 13.8 Å². The topological polar surface area (TPSA) is 54.6 Å². The maximum absolute atomic E-state index is 11.8. The second-order valence-corrected chi connectivity index (χ2v) is 3.81. The Morgan fingerprint density at radius 3 is 2.94 bits per heavy atom. The molecule has 2 aromatic rings. The number of imidazole rings is 2. The number of hydrogen-bond donors (Lipinski definition) is 1. The number of Topliss-reactive ketones (excluding diaryl/α,β-unsaturated/α-hetero) is 1. The van der Waals surface area contributed by atoms with E-state index < -0.39 is 0 Å². The number of aromatic amines is 1. The minimum Gasteiger partial charge on any atom is -0.328 e. The van der Waals surface area contributed by atoms with Crippen LogP contribution in [0.2, 0.25) is 0 Å². The molecule has 5 heteroatoms. The molecule has 0 fully saturated rings. The predicted molar refractivity (Wildman–Crippen MR) is 57.7 cm³/mol. The minimum atomic E-state index is 0.161. The van der Waals surface area contributed by atoms with E-state index in [0.717, 1.165) is 11.6 Å². The van der Waals surface area contributed by atoms with Gasteiger partial charge >= 0.3 is 0 Å². The first-order valence-corrected chi connectivity index (χ1v) is 5.19. The molecule has 0 radical (unpaired) electrons. The van der Waals surface area contributed by atoms with Crippen LogP contribution in [0.5, 0.6) is 0 Å². The summed E-state index contributed by atoms with van der Waals surface area (Å²) in [6.07, 6.45) is 7.22. The van der Waals surface area contributed by atoms with Gasteiger partial charge in [-0.25, -0.2) is 14.5 Å². The quantitative estimate of drug-likeness (QED) is 0.756. The summed E-state index contributed by atoms with van der Waals surface area (Å²) in [6, 6.07) is 0. The summed E-state index contributed by atoms with van der Waals surface area (Å²) in [5, 5.41) is 0. The lowest BCUT2D eigenvalue weighted by molar-refractivity contribution is -0.689. The van der Waals surface area contributed by atoms with Crippen molar-refractivity contribution in [3.05, 3.63) is 36.4 Å². The van der Waals surface area contributed by atoms with E-state index in [2.05, 4.69) is 9.97 Å². The molecule has 0 aromatic carbocycles. The number of H-pyrrole nitrogens is 1. The molecule has 0 spiro atoms. The number of hydrogen-bond acceptors (Lipinski definition) is 2. The van der Waals surface area contributed by atoms with Gasteiger partial charge in [-0.05, 0) is 6.92 Å². The fourth-order valence-corrected chi connectivity index (χ4v) is 1.61. The fourth-order valence-electron chi connectivity index (χ4n) is 1.61. The van der Waals surface area contributed by atoms with E-state index >= 15 is 0 Å². The number of nitrogens with zero attached hydrogens (tertiary/aromatic N) is 3. The third-order valence-corrected chi connectivity index (χ3v) is 2.59. The monoisotopic (exact) mass is 219 g/mol. The molecule has 0 amide bonds. The first-order chi connectivity index (χ1) is 7.66. The first kappa shape index (κ1) is 10.6. The number of carbonyl (C=O) groups excluding carboxylic acids is 1. The van der Waals surface area contributed by atoms with Gasteiger partial charge in [-0.1, -0.05) is 0 Å². The number of aryl methyl sites for hydroxylation is 2. The molecule has 2 aromatic heterocycles. The standard InChI is InChI=1S/C11H14N4O/c1-9-12-3-5-14(9)7-11(16)8-15-6-4-13-10(15)2/h3-6H,7-8H2,1-2H3/p+1. The lowest BCUT2D eigenvalue weighted by Gasteiger charge is -2.02. The average Bonchev–Trinajstić information content (AvgIpc) is 2.79. The molecule has 0 saturated carbocycles. The summed E-state index contributed by atoms with van der Waals surface area (Å²) in [4.78, 5) is 18.9. The number of aromatic nitrogens is 4. The third kappa shape index (κ3) is 2.18. The molecule has 1 N–H and O–H groups in total. The van der Waals surface area contributed by atoms with Crippen LogP contribution in [0.25, 0.3) is 0 Å². The molecule has 0 aliphatic heterocycles. The van der Waals surface area contributed by atoms with E-state index in [1.807, 2.05) is 41.6 Å². The fraction of sp³-hybridized carbons (Fsp3) is 0.364. The second kappa shape index (κ2) is 4.30. The zero-order valence-electron chi connectivity index (χ0n) is 9.47. The molecule has 2 rings (SSSR count). The maximum atomic E-state index is 11.8. The summed E-state index contributed by atoms with van der Waals surface area (Å²) in [5.41, 5.74) is 0. The van der Waals surface area contributed by atoms with Crippen LogP contribution in [0.3, 0.4) is 0 Å². The molecule has 0 bridgehead atoms. The first-order valence-electron chi connectivity index (χ1n) is 5.19. The molecule has 5 nitrogen and oxygen atoms in total. The highest BCUT2D eigenvalue weighted by molar-refractivity contribution is 5.76. The number of carbonyl (C=O) groups is 1. The molecule has 0 aliphatic rings. The maximum Gasteiger partial charge on any atom is 0.251 e. The third-order valence-electron chi connectivity index (χ3n) is 2.59. The highest BCUT2D eigenvalue weighted by atomic mass is 16.1. The highest BCUT2D eigenvalue weighted by Gasteiger charge is 2.11. The Hall–Kier alpha value is -1.91. The van der Waals surface area contributed by atoms with Gasteiger partial charge < -0.3 is 4.57 Å². The normalized spacial score (nSPS) is 10.6. The average molecular weight is 219 g/mol. The van der Waals surface area contributed by atoms with Gasteiger partial charge in [0.25, 0.3) is 5.82 Å². The van der Waals surface area contributed by atoms with Gasteiger partial charge in [0.05, 0.1) is 6.54 Å². The Morgan fingerprint density at radius 2 is 2.38 bits per heavy atom. The van der Waals surface area contributed by atoms with Crippen LogP contribution in [0.4, 0.5) is 0 Å². The van der Waals surface area contributed by atoms with Crippen molar-refractivity contribution in [1.29, 1.82) is 0 Å². The van der Waals surface area contributed by atoms with Crippen molar-refractivity contribution in [3.8, 4) is 0 Å². The van der Waals surface area contributed by atoms with Crippen molar-refractivity contribution >= 4 is 5.78 Å².